The monoisotopic (exact) mass is 337 g/mol. The van der Waals surface area contributed by atoms with Crippen LogP contribution in [0.25, 0.3) is 10.9 Å². The second kappa shape index (κ2) is 6.78. The summed E-state index contributed by atoms with van der Waals surface area (Å²) in [6, 6.07) is 13.0. The quantitative estimate of drug-likeness (QED) is 0.435. The lowest BCUT2D eigenvalue weighted by molar-refractivity contribution is 0.0842. The highest BCUT2D eigenvalue weighted by molar-refractivity contribution is 6.09. The lowest BCUT2D eigenvalue weighted by Crippen LogP contribution is -2.29. The average molecular weight is 337 g/mol. The predicted octanol–water partition coefficient (Wildman–Crippen LogP) is 2.58. The number of carbonyl (C=O) groups is 2. The summed E-state index contributed by atoms with van der Waals surface area (Å²) in [6.45, 7) is 3.76. The normalized spacial score (nSPS) is 10.7. The molecule has 0 fully saturated rings. The van der Waals surface area contributed by atoms with E-state index in [0.717, 1.165) is 11.1 Å². The first-order chi connectivity index (χ1) is 12.0. The summed E-state index contributed by atoms with van der Waals surface area (Å²) in [5.74, 6) is 5.18. The third-order valence-electron chi connectivity index (χ3n) is 4.05. The number of rotatable bonds is 4. The van der Waals surface area contributed by atoms with E-state index in [2.05, 4.69) is 5.43 Å². The number of nitrogens with one attached hydrogen (secondary N) is 1. The summed E-state index contributed by atoms with van der Waals surface area (Å²) < 4.78 is 7.10. The Balaban J connectivity index is 1.90. The van der Waals surface area contributed by atoms with Crippen molar-refractivity contribution in [3.05, 3.63) is 65.4 Å². The summed E-state index contributed by atoms with van der Waals surface area (Å²) in [5.41, 5.74) is 5.10. The summed E-state index contributed by atoms with van der Waals surface area (Å²) in [7, 11) is 0. The third-order valence-corrected chi connectivity index (χ3v) is 4.05. The zero-order chi connectivity index (χ0) is 18.0. The first-order valence-corrected chi connectivity index (χ1v) is 7.85. The van der Waals surface area contributed by atoms with E-state index in [1.807, 2.05) is 38.1 Å². The van der Waals surface area contributed by atoms with Gasteiger partial charge in [-0.2, -0.15) is 0 Å². The smallest absolute Gasteiger partial charge is 0.269 e. The molecule has 25 heavy (non-hydrogen) atoms. The molecule has 1 aromatic heterocycles. The van der Waals surface area contributed by atoms with Gasteiger partial charge in [0.2, 0.25) is 0 Å². The van der Waals surface area contributed by atoms with Gasteiger partial charge in [-0.1, -0.05) is 30.3 Å². The molecule has 6 nitrogen and oxygen atoms in total. The second-order valence-corrected chi connectivity index (χ2v) is 5.85. The first kappa shape index (κ1) is 16.7. The Hall–Kier alpha value is -3.12. The number of hydrogen-bond donors (Lipinski definition) is 2. The van der Waals surface area contributed by atoms with Gasteiger partial charge < -0.3 is 4.74 Å². The lowest BCUT2D eigenvalue weighted by Gasteiger charge is -2.10. The van der Waals surface area contributed by atoms with E-state index in [1.54, 1.807) is 18.2 Å². The Bertz CT molecular complexity index is 960. The number of hydrogen-bond acceptors (Lipinski definition) is 4. The molecule has 0 unspecified atom stereocenters. The van der Waals surface area contributed by atoms with Crippen molar-refractivity contribution < 1.29 is 14.3 Å². The fourth-order valence-corrected chi connectivity index (χ4v) is 2.72. The number of carbonyl (C=O) groups excluding carboxylic acids is 2. The standard InChI is InChI=1S/C19H19N3O3/c1-12-7-8-13(2)17(9-12)25-11-18(23)22-10-15(19(24)21-20)14-5-3-4-6-16(14)22/h3-10H,11,20H2,1-2H3,(H,21,24). The van der Waals surface area contributed by atoms with Crippen molar-refractivity contribution in [2.75, 3.05) is 6.61 Å². The molecule has 0 atom stereocenters. The van der Waals surface area contributed by atoms with Crippen LogP contribution in [0.15, 0.2) is 48.7 Å². The zero-order valence-corrected chi connectivity index (χ0v) is 14.1. The van der Waals surface area contributed by atoms with Crippen LogP contribution in [0.2, 0.25) is 0 Å². The minimum absolute atomic E-state index is 0.132. The highest BCUT2D eigenvalue weighted by Crippen LogP contribution is 2.22. The van der Waals surface area contributed by atoms with Gasteiger partial charge in [-0.15, -0.1) is 0 Å². The van der Waals surface area contributed by atoms with Crippen molar-refractivity contribution in [3.8, 4) is 5.75 Å². The number of aryl methyl sites for hydroxylation is 2. The number of para-hydroxylation sites is 1. The molecule has 2 aromatic carbocycles. The van der Waals surface area contributed by atoms with Gasteiger partial charge in [0, 0.05) is 11.6 Å². The van der Waals surface area contributed by atoms with Gasteiger partial charge >= 0.3 is 0 Å². The lowest BCUT2D eigenvalue weighted by atomic mass is 10.1. The van der Waals surface area contributed by atoms with E-state index >= 15 is 0 Å². The van der Waals surface area contributed by atoms with E-state index in [-0.39, 0.29) is 12.5 Å². The van der Waals surface area contributed by atoms with Crippen molar-refractivity contribution in [3.63, 3.8) is 0 Å². The van der Waals surface area contributed by atoms with Crippen LogP contribution in [0.1, 0.15) is 26.3 Å². The maximum atomic E-state index is 12.6. The van der Waals surface area contributed by atoms with Crippen LogP contribution in [0.3, 0.4) is 0 Å². The van der Waals surface area contributed by atoms with Crippen molar-refractivity contribution >= 4 is 22.7 Å². The Morgan fingerprint density at radius 2 is 1.92 bits per heavy atom. The van der Waals surface area contributed by atoms with Crippen LogP contribution < -0.4 is 16.0 Å². The minimum atomic E-state index is -0.446. The molecule has 0 aliphatic rings. The SMILES string of the molecule is Cc1ccc(C)c(OCC(=O)n2cc(C(=O)NN)c3ccccc32)c1. The van der Waals surface area contributed by atoms with Gasteiger partial charge in [0.05, 0.1) is 11.1 Å². The summed E-state index contributed by atoms with van der Waals surface area (Å²) in [5, 5.41) is 0.658. The second-order valence-electron chi connectivity index (χ2n) is 5.85. The molecule has 1 amide bonds. The van der Waals surface area contributed by atoms with E-state index in [9.17, 15) is 9.59 Å². The molecular weight excluding hydrogens is 318 g/mol. The minimum Gasteiger partial charge on any atom is -0.483 e. The number of aromatic nitrogens is 1. The zero-order valence-electron chi connectivity index (χ0n) is 14.1. The van der Waals surface area contributed by atoms with Gasteiger partial charge in [-0.3, -0.25) is 19.6 Å². The molecule has 6 heteroatoms. The van der Waals surface area contributed by atoms with Crippen LogP contribution in [-0.2, 0) is 0 Å². The van der Waals surface area contributed by atoms with E-state index in [4.69, 9.17) is 10.6 Å². The van der Waals surface area contributed by atoms with E-state index in [1.165, 1.54) is 10.8 Å². The molecule has 0 saturated heterocycles. The highest BCUT2D eigenvalue weighted by Gasteiger charge is 2.18. The number of hydrazine groups is 1. The molecule has 0 spiro atoms. The van der Waals surface area contributed by atoms with E-state index < -0.39 is 5.91 Å². The largest absolute Gasteiger partial charge is 0.483 e. The third kappa shape index (κ3) is 3.25. The average Bonchev–Trinajstić information content (AvgIpc) is 3.01. The highest BCUT2D eigenvalue weighted by atomic mass is 16.5. The van der Waals surface area contributed by atoms with Gasteiger partial charge in [0.1, 0.15) is 5.75 Å². The fraction of sp³-hybridized carbons (Fsp3) is 0.158. The van der Waals surface area contributed by atoms with Gasteiger partial charge in [0.15, 0.2) is 6.61 Å². The van der Waals surface area contributed by atoms with Gasteiger partial charge in [-0.25, -0.2) is 5.84 Å². The number of fused-ring (bicyclic) bond motifs is 1. The Kier molecular flexibility index (Phi) is 4.54. The van der Waals surface area contributed by atoms with Crippen LogP contribution in [0.4, 0.5) is 0 Å². The molecule has 3 N–H and O–H groups in total. The molecule has 3 rings (SSSR count). The summed E-state index contributed by atoms with van der Waals surface area (Å²) >= 11 is 0. The molecule has 0 radical (unpaired) electrons. The molecule has 0 aliphatic heterocycles. The topological polar surface area (TPSA) is 86.3 Å². The summed E-state index contributed by atoms with van der Waals surface area (Å²) in [6.07, 6.45) is 1.49. The Labute approximate surface area is 145 Å². The molecule has 3 aromatic rings. The molecule has 1 heterocycles. The Morgan fingerprint density at radius 3 is 2.68 bits per heavy atom. The molecule has 0 bridgehead atoms. The van der Waals surface area contributed by atoms with E-state index in [0.29, 0.717) is 22.2 Å². The number of ether oxygens (including phenoxy) is 1. The van der Waals surface area contributed by atoms with Crippen LogP contribution in [-0.4, -0.2) is 23.0 Å². The first-order valence-electron chi connectivity index (χ1n) is 7.85. The number of nitrogens with two attached hydrogens (primary N) is 1. The van der Waals surface area contributed by atoms with Crippen molar-refractivity contribution in [2.24, 2.45) is 5.84 Å². The van der Waals surface area contributed by atoms with Crippen LogP contribution in [0, 0.1) is 13.8 Å². The van der Waals surface area contributed by atoms with Crippen molar-refractivity contribution in [1.82, 2.24) is 9.99 Å². The maximum absolute atomic E-state index is 12.6. The fourth-order valence-electron chi connectivity index (χ4n) is 2.72. The predicted molar refractivity (Wildman–Crippen MR) is 95.6 cm³/mol. The molecular formula is C19H19N3O3. The van der Waals surface area contributed by atoms with Crippen molar-refractivity contribution in [1.29, 1.82) is 0 Å². The number of nitrogen functional groups attached to an aromatic ring is 1. The van der Waals surface area contributed by atoms with Gasteiger partial charge in [0.25, 0.3) is 11.8 Å². The van der Waals surface area contributed by atoms with Crippen molar-refractivity contribution in [2.45, 2.75) is 13.8 Å². The maximum Gasteiger partial charge on any atom is 0.269 e. The number of nitrogens with zero attached hydrogens (tertiary/aromatic N) is 1. The van der Waals surface area contributed by atoms with Crippen LogP contribution in [0.5, 0.6) is 5.75 Å². The molecule has 0 saturated carbocycles. The number of amides is 1. The van der Waals surface area contributed by atoms with Crippen LogP contribution >= 0.6 is 0 Å². The Morgan fingerprint density at radius 1 is 1.16 bits per heavy atom. The number of benzene rings is 2. The molecule has 128 valence electrons. The summed E-state index contributed by atoms with van der Waals surface area (Å²) in [4.78, 5) is 24.6. The van der Waals surface area contributed by atoms with Gasteiger partial charge in [-0.05, 0) is 37.1 Å². The molecule has 0 aliphatic carbocycles.